The van der Waals surface area contributed by atoms with Gasteiger partial charge in [0.1, 0.15) is 0 Å². The zero-order chi connectivity index (χ0) is 2.71. The highest BCUT2D eigenvalue weighted by Gasteiger charge is 1.34. The summed E-state index contributed by atoms with van der Waals surface area (Å²) in [5.74, 6) is 0. The van der Waals surface area contributed by atoms with E-state index in [2.05, 4.69) is 0 Å². The third-order valence-corrected chi connectivity index (χ3v) is 0. The minimum absolute atomic E-state index is 0. The fourth-order valence-electron chi connectivity index (χ4n) is 0. The summed E-state index contributed by atoms with van der Waals surface area (Å²) in [6, 6.07) is 0. The summed E-state index contributed by atoms with van der Waals surface area (Å²) in [5.41, 5.74) is 0. The Balaban J connectivity index is -0.00000000667. The molecule has 0 spiro atoms. The molecule has 0 atom stereocenters. The zero-order valence-electron chi connectivity index (χ0n) is 3.47. The first-order valence-electron chi connectivity index (χ1n) is 1.02. The van der Waals surface area contributed by atoms with E-state index in [1.807, 2.05) is 0 Å². The first-order valence-corrected chi connectivity index (χ1v) is 1.02. The molecule has 44 valence electrons. The van der Waals surface area contributed by atoms with Crippen molar-refractivity contribution in [2.45, 2.75) is 6.92 Å². The Bertz CT molecular complexity index is 9.51. The maximum atomic E-state index is 7.57. The second kappa shape index (κ2) is 49.5. The molecule has 0 unspecified atom stereocenters. The van der Waals surface area contributed by atoms with E-state index in [1.165, 1.54) is 0 Å². The Kier molecular flexibility index (Phi) is 260. The van der Waals surface area contributed by atoms with E-state index in [0.717, 1.165) is 0 Å². The van der Waals surface area contributed by atoms with Crippen molar-refractivity contribution in [2.75, 3.05) is 6.61 Å². The number of rotatable bonds is 0. The summed E-state index contributed by atoms with van der Waals surface area (Å²) in [5, 5.41) is 7.57. The van der Waals surface area contributed by atoms with Crippen LogP contribution >= 0.6 is 24.8 Å². The Hall–Kier alpha value is 0.500. The van der Waals surface area contributed by atoms with Crippen molar-refractivity contribution in [3.63, 3.8) is 0 Å². The average molecular weight is 137 g/mol. The lowest BCUT2D eigenvalue weighted by Gasteiger charge is -1.52. The fraction of sp³-hybridized carbons (Fsp3) is 1.00. The van der Waals surface area contributed by atoms with Crippen molar-refractivity contribution < 1.29 is 10.6 Å². The molecule has 0 fully saturated rings. The Morgan fingerprint density at radius 3 is 1.33 bits per heavy atom. The van der Waals surface area contributed by atoms with Crippen LogP contribution < -0.4 is 0 Å². The molecule has 0 aromatic carbocycles. The molecule has 0 saturated heterocycles. The molecule has 0 aromatic rings. The molecule has 6 heavy (non-hydrogen) atoms. The highest BCUT2D eigenvalue weighted by atomic mass is 35.5. The van der Waals surface area contributed by atoms with Gasteiger partial charge in [0.25, 0.3) is 0 Å². The minimum atomic E-state index is 0. The van der Waals surface area contributed by atoms with E-state index < -0.39 is 0 Å². The van der Waals surface area contributed by atoms with E-state index in [1.54, 1.807) is 6.92 Å². The van der Waals surface area contributed by atoms with Crippen molar-refractivity contribution >= 4 is 24.8 Å². The second-order valence-corrected chi connectivity index (χ2v) is 0.316. The maximum absolute atomic E-state index is 7.57. The average Bonchev–Trinajstić information content (AvgIpc) is 0.918. The lowest BCUT2D eigenvalue weighted by molar-refractivity contribution is 0.318. The SMILES string of the molecule is CCO.Cl.Cl.O. The predicted octanol–water partition coefficient (Wildman–Crippen LogP) is 0.0175. The van der Waals surface area contributed by atoms with E-state index in [9.17, 15) is 0 Å². The van der Waals surface area contributed by atoms with Gasteiger partial charge in [0.05, 0.1) is 0 Å². The van der Waals surface area contributed by atoms with E-state index in [4.69, 9.17) is 5.11 Å². The van der Waals surface area contributed by atoms with Gasteiger partial charge in [0.15, 0.2) is 0 Å². The second-order valence-electron chi connectivity index (χ2n) is 0.316. The van der Waals surface area contributed by atoms with Gasteiger partial charge in [0.2, 0.25) is 0 Å². The number of aliphatic hydroxyl groups is 1. The molecule has 0 aliphatic carbocycles. The Morgan fingerprint density at radius 2 is 1.33 bits per heavy atom. The quantitative estimate of drug-likeness (QED) is 0.502. The van der Waals surface area contributed by atoms with Gasteiger partial charge in [-0.3, -0.25) is 0 Å². The minimum Gasteiger partial charge on any atom is -0.412 e. The number of hydrogen-bond acceptors (Lipinski definition) is 1. The van der Waals surface area contributed by atoms with Crippen LogP contribution in [0.5, 0.6) is 0 Å². The van der Waals surface area contributed by atoms with Crippen LogP contribution in [0.2, 0.25) is 0 Å². The van der Waals surface area contributed by atoms with Crippen LogP contribution in [0, 0.1) is 0 Å². The van der Waals surface area contributed by atoms with Crippen molar-refractivity contribution in [2.24, 2.45) is 0 Å². The molecular weight excluding hydrogens is 127 g/mol. The lowest BCUT2D eigenvalue weighted by atomic mass is 10.9. The third kappa shape index (κ3) is 221. The topological polar surface area (TPSA) is 51.7 Å². The van der Waals surface area contributed by atoms with Gasteiger partial charge in [-0.1, -0.05) is 0 Å². The fourth-order valence-corrected chi connectivity index (χ4v) is 0. The van der Waals surface area contributed by atoms with Crippen LogP contribution in [0.3, 0.4) is 0 Å². The molecule has 0 saturated carbocycles. The van der Waals surface area contributed by atoms with Gasteiger partial charge < -0.3 is 10.6 Å². The van der Waals surface area contributed by atoms with Crippen molar-refractivity contribution in [1.82, 2.24) is 0 Å². The van der Waals surface area contributed by atoms with Gasteiger partial charge in [-0.15, -0.1) is 24.8 Å². The van der Waals surface area contributed by atoms with Crippen LogP contribution in [0.15, 0.2) is 0 Å². The monoisotopic (exact) mass is 136 g/mol. The third-order valence-electron chi connectivity index (χ3n) is 0. The van der Waals surface area contributed by atoms with Crippen LogP contribution in [0.1, 0.15) is 6.92 Å². The van der Waals surface area contributed by atoms with Crippen molar-refractivity contribution in [3.05, 3.63) is 0 Å². The Morgan fingerprint density at radius 1 is 1.33 bits per heavy atom. The van der Waals surface area contributed by atoms with Gasteiger partial charge >= 0.3 is 0 Å². The number of halogens is 2. The van der Waals surface area contributed by atoms with E-state index in [0.29, 0.717) is 0 Å². The summed E-state index contributed by atoms with van der Waals surface area (Å²) >= 11 is 0. The van der Waals surface area contributed by atoms with Crippen molar-refractivity contribution in [1.29, 1.82) is 0 Å². The highest BCUT2D eigenvalue weighted by molar-refractivity contribution is 5.85. The largest absolute Gasteiger partial charge is 0.412 e. The van der Waals surface area contributed by atoms with Crippen molar-refractivity contribution in [3.8, 4) is 0 Å². The standard InChI is InChI=1S/C2H6O.2ClH.H2O/c1-2-3;;;/h3H,2H2,1H3;2*1H;1H2. The van der Waals surface area contributed by atoms with Gasteiger partial charge in [0, 0.05) is 6.61 Å². The van der Waals surface area contributed by atoms with Gasteiger partial charge in [-0.05, 0) is 6.92 Å². The molecule has 0 aliphatic rings. The molecule has 0 heterocycles. The molecule has 4 heteroatoms. The Labute approximate surface area is 49.7 Å². The van der Waals surface area contributed by atoms with E-state index >= 15 is 0 Å². The first-order chi connectivity index (χ1) is 1.41. The van der Waals surface area contributed by atoms with Crippen LogP contribution in [0.25, 0.3) is 0 Å². The number of hydrogen-bond donors (Lipinski definition) is 1. The molecule has 0 radical (unpaired) electrons. The number of aliphatic hydroxyl groups excluding tert-OH is 1. The normalized spacial score (nSPS) is 3.00. The smallest absolute Gasteiger partial charge is 0.0402 e. The summed E-state index contributed by atoms with van der Waals surface area (Å²) < 4.78 is 0. The van der Waals surface area contributed by atoms with E-state index in [-0.39, 0.29) is 36.9 Å². The van der Waals surface area contributed by atoms with Crippen LogP contribution in [-0.2, 0) is 0 Å². The molecule has 0 amide bonds. The molecule has 0 aromatic heterocycles. The van der Waals surface area contributed by atoms with Gasteiger partial charge in [-0.25, -0.2) is 0 Å². The molecule has 3 N–H and O–H groups in total. The summed E-state index contributed by atoms with van der Waals surface area (Å²) in [6.07, 6.45) is 0. The molecule has 0 aliphatic heterocycles. The summed E-state index contributed by atoms with van der Waals surface area (Å²) in [6.45, 7) is 1.93. The first kappa shape index (κ1) is 31.5. The zero-order valence-corrected chi connectivity index (χ0v) is 5.10. The molecule has 0 rings (SSSR count). The van der Waals surface area contributed by atoms with Gasteiger partial charge in [-0.2, -0.15) is 0 Å². The van der Waals surface area contributed by atoms with Crippen LogP contribution in [0.4, 0.5) is 0 Å². The summed E-state index contributed by atoms with van der Waals surface area (Å²) in [4.78, 5) is 0. The molecular formula is C2H10Cl2O2. The lowest BCUT2D eigenvalue weighted by Crippen LogP contribution is -1.57. The maximum Gasteiger partial charge on any atom is 0.0402 e. The molecule has 0 bridgehead atoms. The highest BCUT2D eigenvalue weighted by Crippen LogP contribution is 1.30. The van der Waals surface area contributed by atoms with Crippen LogP contribution in [-0.4, -0.2) is 17.2 Å². The summed E-state index contributed by atoms with van der Waals surface area (Å²) in [7, 11) is 0. The predicted molar refractivity (Wildman–Crippen MR) is 30.9 cm³/mol. The molecule has 2 nitrogen and oxygen atoms in total.